The van der Waals surface area contributed by atoms with Gasteiger partial charge >= 0.3 is 0 Å². The first-order chi connectivity index (χ1) is 9.25. The highest BCUT2D eigenvalue weighted by atomic mass is 79.9. The van der Waals surface area contributed by atoms with Crippen LogP contribution in [0.1, 0.15) is 33.9 Å². The van der Waals surface area contributed by atoms with Crippen LogP contribution in [0.5, 0.6) is 0 Å². The van der Waals surface area contributed by atoms with Crippen LogP contribution in [0.25, 0.3) is 0 Å². The highest BCUT2D eigenvalue weighted by Gasteiger charge is 2.24. The molecule has 3 rings (SSSR count). The van der Waals surface area contributed by atoms with E-state index < -0.39 is 0 Å². The van der Waals surface area contributed by atoms with E-state index in [1.807, 2.05) is 12.1 Å². The second kappa shape index (κ2) is 5.13. The molecule has 2 aromatic rings. The van der Waals surface area contributed by atoms with Crippen molar-refractivity contribution in [1.29, 1.82) is 0 Å². The van der Waals surface area contributed by atoms with Crippen molar-refractivity contribution in [2.75, 3.05) is 0 Å². The van der Waals surface area contributed by atoms with Crippen molar-refractivity contribution in [1.82, 2.24) is 10.3 Å². The third-order valence-electron chi connectivity index (χ3n) is 3.44. The Morgan fingerprint density at radius 1 is 1.26 bits per heavy atom. The number of fused-ring (bicyclic) bond motifs is 1. The molecule has 0 bridgehead atoms. The molecule has 1 aliphatic carbocycles. The zero-order valence-electron chi connectivity index (χ0n) is 10.3. The van der Waals surface area contributed by atoms with E-state index in [0.717, 1.165) is 12.8 Å². The molecule has 1 unspecified atom stereocenters. The van der Waals surface area contributed by atoms with Crippen LogP contribution in [0.2, 0.25) is 0 Å². The number of hydrogen-bond donors (Lipinski definition) is 1. The number of carbonyl (C=O) groups is 1. The molecule has 19 heavy (non-hydrogen) atoms. The second-order valence-corrected chi connectivity index (χ2v) is 5.36. The van der Waals surface area contributed by atoms with E-state index in [4.69, 9.17) is 0 Å². The van der Waals surface area contributed by atoms with E-state index in [0.29, 0.717) is 10.2 Å². The Bertz CT molecular complexity index is 627. The lowest BCUT2D eigenvalue weighted by molar-refractivity contribution is 0.0935. The molecule has 0 saturated heterocycles. The van der Waals surface area contributed by atoms with Crippen LogP contribution < -0.4 is 5.32 Å². The number of nitrogens with zero attached hydrogens (tertiary/aromatic N) is 1. The average molecular weight is 317 g/mol. The predicted molar refractivity (Wildman–Crippen MR) is 76.9 cm³/mol. The van der Waals surface area contributed by atoms with Crippen molar-refractivity contribution >= 4 is 21.8 Å². The molecule has 1 aromatic heterocycles. The summed E-state index contributed by atoms with van der Waals surface area (Å²) in [5.41, 5.74) is 3.14. The molecule has 1 aromatic carbocycles. The molecule has 1 aliphatic rings. The van der Waals surface area contributed by atoms with Crippen molar-refractivity contribution in [2.24, 2.45) is 0 Å². The van der Waals surface area contributed by atoms with Gasteiger partial charge in [-0.3, -0.25) is 4.79 Å². The molecule has 1 heterocycles. The summed E-state index contributed by atoms with van der Waals surface area (Å²) in [6.07, 6.45) is 3.64. The average Bonchev–Trinajstić information content (AvgIpc) is 2.83. The van der Waals surface area contributed by atoms with E-state index in [-0.39, 0.29) is 11.9 Å². The summed E-state index contributed by atoms with van der Waals surface area (Å²) in [6, 6.07) is 11.9. The first-order valence-electron chi connectivity index (χ1n) is 6.25. The van der Waals surface area contributed by atoms with Gasteiger partial charge in [-0.15, -0.1) is 0 Å². The van der Waals surface area contributed by atoms with E-state index >= 15 is 0 Å². The first-order valence-corrected chi connectivity index (χ1v) is 7.04. The Morgan fingerprint density at radius 3 is 2.95 bits per heavy atom. The Balaban J connectivity index is 1.81. The maximum atomic E-state index is 12.3. The summed E-state index contributed by atoms with van der Waals surface area (Å²) in [5.74, 6) is -0.0818. The van der Waals surface area contributed by atoms with Crippen LogP contribution in [0.3, 0.4) is 0 Å². The summed E-state index contributed by atoms with van der Waals surface area (Å²) in [6.45, 7) is 0. The SMILES string of the molecule is O=C(NC1CCc2ccccc21)c1cccnc1Br. The molecule has 4 heteroatoms. The number of benzene rings is 1. The van der Waals surface area contributed by atoms with Crippen molar-refractivity contribution in [3.8, 4) is 0 Å². The summed E-state index contributed by atoms with van der Waals surface area (Å²) in [4.78, 5) is 16.3. The van der Waals surface area contributed by atoms with Gasteiger partial charge in [0, 0.05) is 6.20 Å². The Kier molecular flexibility index (Phi) is 3.34. The molecule has 0 saturated carbocycles. The van der Waals surface area contributed by atoms with E-state index in [9.17, 15) is 4.79 Å². The Labute approximate surface area is 120 Å². The quantitative estimate of drug-likeness (QED) is 0.864. The minimum atomic E-state index is -0.0818. The number of hydrogen-bond acceptors (Lipinski definition) is 2. The van der Waals surface area contributed by atoms with Crippen molar-refractivity contribution in [3.63, 3.8) is 0 Å². The Hall–Kier alpha value is -1.68. The molecule has 0 spiro atoms. The zero-order chi connectivity index (χ0) is 13.2. The smallest absolute Gasteiger partial charge is 0.254 e. The van der Waals surface area contributed by atoms with Gasteiger partial charge in [-0.1, -0.05) is 24.3 Å². The first kappa shape index (κ1) is 12.4. The van der Waals surface area contributed by atoms with Crippen molar-refractivity contribution in [3.05, 3.63) is 63.9 Å². The lowest BCUT2D eigenvalue weighted by atomic mass is 10.1. The monoisotopic (exact) mass is 316 g/mol. The number of aromatic nitrogens is 1. The van der Waals surface area contributed by atoms with Gasteiger partial charge in [0.2, 0.25) is 0 Å². The summed E-state index contributed by atoms with van der Waals surface area (Å²) < 4.78 is 0.582. The van der Waals surface area contributed by atoms with E-state index in [2.05, 4.69) is 38.4 Å². The van der Waals surface area contributed by atoms with Gasteiger partial charge < -0.3 is 5.32 Å². The fourth-order valence-electron chi connectivity index (χ4n) is 2.50. The Morgan fingerprint density at radius 2 is 2.11 bits per heavy atom. The molecule has 0 radical (unpaired) electrons. The minimum Gasteiger partial charge on any atom is -0.345 e. The van der Waals surface area contributed by atoms with Gasteiger partial charge in [-0.25, -0.2) is 4.98 Å². The standard InChI is InChI=1S/C15H13BrN2O/c16-14-12(6-3-9-17-14)15(19)18-13-8-7-10-4-1-2-5-11(10)13/h1-6,9,13H,7-8H2,(H,18,19). The van der Waals surface area contributed by atoms with E-state index in [1.165, 1.54) is 11.1 Å². The molecule has 96 valence electrons. The number of pyridine rings is 1. The van der Waals surface area contributed by atoms with E-state index in [1.54, 1.807) is 18.3 Å². The maximum Gasteiger partial charge on any atom is 0.254 e. The van der Waals surface area contributed by atoms with Gasteiger partial charge in [0.15, 0.2) is 0 Å². The topological polar surface area (TPSA) is 42.0 Å². The third kappa shape index (κ3) is 2.40. The third-order valence-corrected chi connectivity index (χ3v) is 4.07. The molecule has 1 amide bonds. The number of carbonyl (C=O) groups excluding carboxylic acids is 1. The molecule has 0 fully saturated rings. The fourth-order valence-corrected chi connectivity index (χ4v) is 2.93. The summed E-state index contributed by atoms with van der Waals surface area (Å²) in [7, 11) is 0. The van der Waals surface area contributed by atoms with Crippen LogP contribution in [0.15, 0.2) is 47.2 Å². The van der Waals surface area contributed by atoms with Crippen LogP contribution in [0, 0.1) is 0 Å². The largest absolute Gasteiger partial charge is 0.345 e. The summed E-state index contributed by atoms with van der Waals surface area (Å²) >= 11 is 3.31. The molecular weight excluding hydrogens is 304 g/mol. The zero-order valence-corrected chi connectivity index (χ0v) is 11.9. The molecule has 0 aliphatic heterocycles. The van der Waals surface area contributed by atoms with Crippen LogP contribution in [-0.4, -0.2) is 10.9 Å². The molecular formula is C15H13BrN2O. The molecule has 3 nitrogen and oxygen atoms in total. The fraction of sp³-hybridized carbons (Fsp3) is 0.200. The predicted octanol–water partition coefficient (Wildman–Crippen LogP) is 3.26. The van der Waals surface area contributed by atoms with Crippen LogP contribution in [-0.2, 0) is 6.42 Å². The van der Waals surface area contributed by atoms with Gasteiger partial charge in [0.05, 0.1) is 11.6 Å². The van der Waals surface area contributed by atoms with Crippen LogP contribution in [0.4, 0.5) is 0 Å². The minimum absolute atomic E-state index is 0.0818. The number of aryl methyl sites for hydroxylation is 1. The van der Waals surface area contributed by atoms with Crippen molar-refractivity contribution < 1.29 is 4.79 Å². The maximum absolute atomic E-state index is 12.3. The number of halogens is 1. The lowest BCUT2D eigenvalue weighted by Gasteiger charge is -2.14. The second-order valence-electron chi connectivity index (χ2n) is 4.61. The van der Waals surface area contributed by atoms with Gasteiger partial charge in [-0.2, -0.15) is 0 Å². The molecule has 1 atom stereocenters. The highest BCUT2D eigenvalue weighted by Crippen LogP contribution is 2.31. The number of amides is 1. The van der Waals surface area contributed by atoms with Gasteiger partial charge in [0.25, 0.3) is 5.91 Å². The van der Waals surface area contributed by atoms with Gasteiger partial charge in [-0.05, 0) is 52.0 Å². The highest BCUT2D eigenvalue weighted by molar-refractivity contribution is 9.10. The number of rotatable bonds is 2. The van der Waals surface area contributed by atoms with Crippen LogP contribution >= 0.6 is 15.9 Å². The normalized spacial score (nSPS) is 17.0. The number of nitrogens with one attached hydrogen (secondary N) is 1. The molecule has 1 N–H and O–H groups in total. The lowest BCUT2D eigenvalue weighted by Crippen LogP contribution is -2.27. The van der Waals surface area contributed by atoms with Crippen molar-refractivity contribution in [2.45, 2.75) is 18.9 Å². The summed E-state index contributed by atoms with van der Waals surface area (Å²) in [5, 5.41) is 3.08. The van der Waals surface area contributed by atoms with Gasteiger partial charge in [0.1, 0.15) is 4.60 Å².